The van der Waals surface area contributed by atoms with Crippen LogP contribution in [0.1, 0.15) is 10.4 Å². The highest BCUT2D eigenvalue weighted by atomic mass is 79.9. The average molecular weight is 432 g/mol. The Labute approximate surface area is 152 Å². The number of amides is 1. The molecule has 0 saturated carbocycles. The van der Waals surface area contributed by atoms with Crippen molar-refractivity contribution in [1.82, 2.24) is 5.32 Å². The van der Waals surface area contributed by atoms with Gasteiger partial charge in [-0.3, -0.25) is 9.52 Å². The minimum atomic E-state index is -3.98. The van der Waals surface area contributed by atoms with E-state index in [1.54, 1.807) is 18.2 Å². The number of hydrogen-bond donors (Lipinski definition) is 2. The van der Waals surface area contributed by atoms with E-state index in [1.165, 1.54) is 18.2 Å². The lowest BCUT2D eigenvalue weighted by Gasteiger charge is -2.14. The maximum absolute atomic E-state index is 12.8. The number of anilines is 1. The zero-order chi connectivity index (χ0) is 17.3. The van der Waals surface area contributed by atoms with Gasteiger partial charge in [-0.2, -0.15) is 0 Å². The van der Waals surface area contributed by atoms with Gasteiger partial charge in [0, 0.05) is 9.50 Å². The molecule has 0 saturated heterocycles. The fraction of sp³-hybridized carbons (Fsp3) is 0.133. The normalized spacial score (nSPS) is 14.2. The monoisotopic (exact) mass is 430 g/mol. The molecule has 2 aromatic rings. The van der Waals surface area contributed by atoms with Crippen LogP contribution in [0, 0.1) is 0 Å². The van der Waals surface area contributed by atoms with E-state index in [9.17, 15) is 13.2 Å². The second-order valence-electron chi connectivity index (χ2n) is 5.00. The summed E-state index contributed by atoms with van der Waals surface area (Å²) in [5.41, 5.74) is 0.475. The molecule has 1 heterocycles. The Morgan fingerprint density at radius 2 is 2.04 bits per heavy atom. The molecule has 1 aliphatic heterocycles. The third kappa shape index (κ3) is 3.50. The van der Waals surface area contributed by atoms with Gasteiger partial charge in [0.2, 0.25) is 0 Å². The van der Waals surface area contributed by atoms with Gasteiger partial charge in [0.1, 0.15) is 11.5 Å². The number of rotatable bonds is 3. The molecule has 6 nitrogen and oxygen atoms in total. The Morgan fingerprint density at radius 3 is 2.79 bits per heavy atom. The van der Waals surface area contributed by atoms with Crippen LogP contribution in [0.2, 0.25) is 5.02 Å². The summed E-state index contributed by atoms with van der Waals surface area (Å²) in [5.74, 6) is -0.356. The van der Waals surface area contributed by atoms with Crippen LogP contribution in [0.25, 0.3) is 0 Å². The smallest absolute Gasteiger partial charge is 0.265 e. The number of nitrogens with one attached hydrogen (secondary N) is 2. The van der Waals surface area contributed by atoms with Crippen molar-refractivity contribution < 1.29 is 17.9 Å². The third-order valence-corrected chi connectivity index (χ3v) is 5.34. The molecule has 126 valence electrons. The van der Waals surface area contributed by atoms with Crippen LogP contribution >= 0.6 is 27.5 Å². The molecule has 0 atom stereocenters. The van der Waals surface area contributed by atoms with Gasteiger partial charge in [-0.25, -0.2) is 8.42 Å². The predicted molar refractivity (Wildman–Crippen MR) is 94.2 cm³/mol. The molecule has 0 bridgehead atoms. The van der Waals surface area contributed by atoms with Crippen LogP contribution in [0.3, 0.4) is 0 Å². The fourth-order valence-electron chi connectivity index (χ4n) is 2.26. The summed E-state index contributed by atoms with van der Waals surface area (Å²) in [5, 5.41) is 3.05. The van der Waals surface area contributed by atoms with E-state index in [1.807, 2.05) is 0 Å². The summed E-state index contributed by atoms with van der Waals surface area (Å²) < 4.78 is 33.9. The van der Waals surface area contributed by atoms with Gasteiger partial charge in [0.25, 0.3) is 15.9 Å². The molecule has 2 N–H and O–H groups in total. The van der Waals surface area contributed by atoms with Crippen molar-refractivity contribution in [3.05, 3.63) is 51.5 Å². The van der Waals surface area contributed by atoms with Gasteiger partial charge in [-0.1, -0.05) is 33.6 Å². The Kier molecular flexibility index (Phi) is 4.71. The minimum Gasteiger partial charge on any atom is -0.489 e. The zero-order valence-corrected chi connectivity index (χ0v) is 15.3. The van der Waals surface area contributed by atoms with Gasteiger partial charge < -0.3 is 10.1 Å². The number of carbonyl (C=O) groups excluding carboxylic acids is 1. The van der Waals surface area contributed by atoms with E-state index >= 15 is 0 Å². The van der Waals surface area contributed by atoms with Crippen LogP contribution in [0.5, 0.6) is 5.75 Å². The Morgan fingerprint density at radius 1 is 1.25 bits per heavy atom. The van der Waals surface area contributed by atoms with Crippen molar-refractivity contribution in [3.63, 3.8) is 0 Å². The SMILES string of the molecule is O=C1NCCOc2c1cc(Br)cc2S(=O)(=O)Nc1cccc(Cl)c1. The summed E-state index contributed by atoms with van der Waals surface area (Å²) >= 11 is 9.12. The van der Waals surface area contributed by atoms with Gasteiger partial charge in [-0.15, -0.1) is 0 Å². The fourth-order valence-corrected chi connectivity index (χ4v) is 4.30. The molecule has 9 heteroatoms. The average Bonchev–Trinajstić information content (AvgIpc) is 2.68. The zero-order valence-electron chi connectivity index (χ0n) is 12.2. The van der Waals surface area contributed by atoms with Gasteiger partial charge in [-0.05, 0) is 30.3 Å². The lowest BCUT2D eigenvalue weighted by atomic mass is 10.2. The van der Waals surface area contributed by atoms with Crippen molar-refractivity contribution in [1.29, 1.82) is 0 Å². The van der Waals surface area contributed by atoms with Crippen molar-refractivity contribution in [2.24, 2.45) is 0 Å². The lowest BCUT2D eigenvalue weighted by Crippen LogP contribution is -2.24. The van der Waals surface area contributed by atoms with E-state index in [-0.39, 0.29) is 28.7 Å². The summed E-state index contributed by atoms with van der Waals surface area (Å²) in [7, 11) is -3.98. The number of fused-ring (bicyclic) bond motifs is 1. The molecule has 0 unspecified atom stereocenters. The number of hydrogen-bond acceptors (Lipinski definition) is 4. The second kappa shape index (κ2) is 6.62. The molecule has 1 aliphatic rings. The van der Waals surface area contributed by atoms with Crippen molar-refractivity contribution in [3.8, 4) is 5.75 Å². The molecule has 0 spiro atoms. The van der Waals surface area contributed by atoms with Crippen molar-refractivity contribution in [2.45, 2.75) is 4.90 Å². The number of benzene rings is 2. The van der Waals surface area contributed by atoms with Crippen LogP contribution in [-0.4, -0.2) is 27.5 Å². The third-order valence-electron chi connectivity index (χ3n) is 3.26. The quantitative estimate of drug-likeness (QED) is 0.782. The Hall–Kier alpha value is -1.77. The lowest BCUT2D eigenvalue weighted by molar-refractivity contribution is 0.0957. The van der Waals surface area contributed by atoms with Gasteiger partial charge >= 0.3 is 0 Å². The summed E-state index contributed by atoms with van der Waals surface area (Å²) in [6.07, 6.45) is 0. The number of carbonyl (C=O) groups is 1. The molecule has 0 radical (unpaired) electrons. The van der Waals surface area contributed by atoms with E-state index < -0.39 is 10.0 Å². The Balaban J connectivity index is 2.09. The first-order valence-corrected chi connectivity index (χ1v) is 9.55. The highest BCUT2D eigenvalue weighted by Crippen LogP contribution is 2.34. The van der Waals surface area contributed by atoms with Crippen molar-refractivity contribution in [2.75, 3.05) is 17.9 Å². The molecule has 0 aliphatic carbocycles. The van der Waals surface area contributed by atoms with Gasteiger partial charge in [0.15, 0.2) is 5.75 Å². The first-order valence-electron chi connectivity index (χ1n) is 6.90. The number of sulfonamides is 1. The summed E-state index contributed by atoms with van der Waals surface area (Å²) in [4.78, 5) is 12.0. The van der Waals surface area contributed by atoms with Crippen LogP contribution in [0.15, 0.2) is 45.8 Å². The first kappa shape index (κ1) is 17.1. The molecular weight excluding hydrogens is 420 g/mol. The minimum absolute atomic E-state index is 0.0303. The largest absolute Gasteiger partial charge is 0.489 e. The number of halogens is 2. The predicted octanol–water partition coefficient (Wildman–Crippen LogP) is 3.03. The first-order chi connectivity index (χ1) is 11.4. The van der Waals surface area contributed by atoms with E-state index in [0.717, 1.165) is 0 Å². The van der Waals surface area contributed by atoms with Crippen LogP contribution < -0.4 is 14.8 Å². The van der Waals surface area contributed by atoms with Crippen LogP contribution in [-0.2, 0) is 10.0 Å². The number of ether oxygens (including phenoxy) is 1. The Bertz CT molecular complexity index is 918. The highest BCUT2D eigenvalue weighted by molar-refractivity contribution is 9.10. The highest BCUT2D eigenvalue weighted by Gasteiger charge is 2.27. The molecule has 0 aromatic heterocycles. The summed E-state index contributed by atoms with van der Waals surface area (Å²) in [6.45, 7) is 0.479. The van der Waals surface area contributed by atoms with E-state index in [4.69, 9.17) is 16.3 Å². The maximum atomic E-state index is 12.8. The standard InChI is InChI=1S/C15H12BrClN2O4S/c16-9-6-12-14(23-5-4-18-15(12)20)13(7-9)24(21,22)19-11-3-1-2-10(17)8-11/h1-3,6-8,19H,4-5H2,(H,18,20). The second-order valence-corrected chi connectivity index (χ2v) is 8.00. The molecule has 2 aromatic carbocycles. The topological polar surface area (TPSA) is 84.5 Å². The maximum Gasteiger partial charge on any atom is 0.265 e. The van der Waals surface area contributed by atoms with Crippen molar-refractivity contribution >= 4 is 49.1 Å². The van der Waals surface area contributed by atoms with Gasteiger partial charge in [0.05, 0.1) is 17.8 Å². The molecule has 3 rings (SSSR count). The van der Waals surface area contributed by atoms with E-state index in [2.05, 4.69) is 26.0 Å². The van der Waals surface area contributed by atoms with E-state index in [0.29, 0.717) is 21.7 Å². The van der Waals surface area contributed by atoms with Crippen LogP contribution in [0.4, 0.5) is 5.69 Å². The molecule has 1 amide bonds. The molecule has 0 fully saturated rings. The molecule has 24 heavy (non-hydrogen) atoms. The molecular formula is C15H12BrClN2O4S. The summed E-state index contributed by atoms with van der Waals surface area (Å²) in [6, 6.07) is 9.25.